The first-order chi connectivity index (χ1) is 5.90. The smallest absolute Gasteiger partial charge is 0.328 e. The highest BCUT2D eigenvalue weighted by Gasteiger charge is 2.44. The molecule has 78 valence electrons. The number of nitrogens with two attached hydrogens (primary N) is 1. The highest BCUT2D eigenvalue weighted by atomic mass is 16.4. The fraction of sp³-hybridized carbons (Fsp3) is 0.857. The predicted octanol–water partition coefficient (Wildman–Crippen LogP) is -2.11. The number of carboxylic acid groups (broad SMARTS) is 1. The number of carbonyl (C=O) groups is 1. The third-order valence-electron chi connectivity index (χ3n) is 1.97. The van der Waals surface area contributed by atoms with Gasteiger partial charge in [-0.15, -0.1) is 0 Å². The van der Waals surface area contributed by atoms with Crippen molar-refractivity contribution >= 4 is 5.97 Å². The Morgan fingerprint density at radius 2 is 2.00 bits per heavy atom. The van der Waals surface area contributed by atoms with Crippen LogP contribution >= 0.6 is 0 Å². The SMILES string of the molecule is CCC(O)C(O)C(N)(CO)C(=O)O. The van der Waals surface area contributed by atoms with E-state index in [1.807, 2.05) is 0 Å². The third kappa shape index (κ3) is 2.38. The molecule has 13 heavy (non-hydrogen) atoms. The van der Waals surface area contributed by atoms with E-state index in [0.29, 0.717) is 0 Å². The maximum absolute atomic E-state index is 10.6. The minimum atomic E-state index is -2.20. The summed E-state index contributed by atoms with van der Waals surface area (Å²) in [7, 11) is 0. The van der Waals surface area contributed by atoms with Gasteiger partial charge in [0.25, 0.3) is 0 Å². The van der Waals surface area contributed by atoms with E-state index in [9.17, 15) is 9.90 Å². The Hall–Kier alpha value is -0.690. The van der Waals surface area contributed by atoms with Crippen LogP contribution in [0.1, 0.15) is 13.3 Å². The van der Waals surface area contributed by atoms with Gasteiger partial charge in [0, 0.05) is 0 Å². The van der Waals surface area contributed by atoms with Gasteiger partial charge in [-0.2, -0.15) is 0 Å². The average molecular weight is 193 g/mol. The number of carboxylic acids is 1. The largest absolute Gasteiger partial charge is 0.480 e. The van der Waals surface area contributed by atoms with E-state index < -0.39 is 30.3 Å². The predicted molar refractivity (Wildman–Crippen MR) is 43.9 cm³/mol. The van der Waals surface area contributed by atoms with Gasteiger partial charge >= 0.3 is 5.97 Å². The molecule has 0 rings (SSSR count). The highest BCUT2D eigenvalue weighted by Crippen LogP contribution is 2.13. The van der Waals surface area contributed by atoms with Crippen molar-refractivity contribution in [1.82, 2.24) is 0 Å². The number of aliphatic hydroxyl groups is 3. The second-order valence-corrected chi connectivity index (χ2v) is 2.92. The molecular weight excluding hydrogens is 178 g/mol. The van der Waals surface area contributed by atoms with Crippen LogP contribution in [0.3, 0.4) is 0 Å². The van der Waals surface area contributed by atoms with E-state index in [-0.39, 0.29) is 6.42 Å². The number of hydrogen-bond donors (Lipinski definition) is 5. The van der Waals surface area contributed by atoms with Gasteiger partial charge in [0.05, 0.1) is 12.7 Å². The Labute approximate surface area is 75.6 Å². The van der Waals surface area contributed by atoms with Crippen molar-refractivity contribution in [3.63, 3.8) is 0 Å². The monoisotopic (exact) mass is 193 g/mol. The van der Waals surface area contributed by atoms with E-state index in [0.717, 1.165) is 0 Å². The first-order valence-corrected chi connectivity index (χ1v) is 3.89. The number of aliphatic carboxylic acids is 1. The quantitative estimate of drug-likeness (QED) is 0.340. The summed E-state index contributed by atoms with van der Waals surface area (Å²) in [5, 5.41) is 35.7. The van der Waals surface area contributed by atoms with Crippen LogP contribution in [-0.2, 0) is 4.79 Å². The van der Waals surface area contributed by atoms with Gasteiger partial charge in [-0.3, -0.25) is 4.79 Å². The molecule has 0 fully saturated rings. The summed E-state index contributed by atoms with van der Waals surface area (Å²) in [6, 6.07) is 0. The van der Waals surface area contributed by atoms with E-state index in [2.05, 4.69) is 0 Å². The van der Waals surface area contributed by atoms with Crippen LogP contribution in [0.25, 0.3) is 0 Å². The van der Waals surface area contributed by atoms with E-state index in [1.54, 1.807) is 6.92 Å². The highest BCUT2D eigenvalue weighted by molar-refractivity contribution is 5.79. The Morgan fingerprint density at radius 1 is 1.54 bits per heavy atom. The van der Waals surface area contributed by atoms with Crippen molar-refractivity contribution in [1.29, 1.82) is 0 Å². The Morgan fingerprint density at radius 3 is 2.23 bits per heavy atom. The number of rotatable bonds is 5. The first-order valence-electron chi connectivity index (χ1n) is 3.89. The molecule has 3 unspecified atom stereocenters. The first kappa shape index (κ1) is 12.3. The Balaban J connectivity index is 4.65. The van der Waals surface area contributed by atoms with Crippen LogP contribution in [0, 0.1) is 0 Å². The fourth-order valence-electron chi connectivity index (χ4n) is 0.854. The zero-order valence-electron chi connectivity index (χ0n) is 7.34. The molecule has 0 aliphatic heterocycles. The van der Waals surface area contributed by atoms with Crippen molar-refractivity contribution in [2.45, 2.75) is 31.1 Å². The lowest BCUT2D eigenvalue weighted by Crippen LogP contribution is -2.63. The molecule has 6 N–H and O–H groups in total. The summed E-state index contributed by atoms with van der Waals surface area (Å²) in [4.78, 5) is 10.6. The molecule has 6 nitrogen and oxygen atoms in total. The normalized spacial score (nSPS) is 20.4. The summed E-state index contributed by atoms with van der Waals surface area (Å²) in [6.07, 6.45) is -2.78. The van der Waals surface area contributed by atoms with Crippen molar-refractivity contribution < 1.29 is 25.2 Å². The van der Waals surface area contributed by atoms with Crippen LogP contribution in [0.4, 0.5) is 0 Å². The molecule has 0 aliphatic rings. The molecule has 0 aromatic carbocycles. The van der Waals surface area contributed by atoms with Gasteiger partial charge < -0.3 is 26.2 Å². The standard InChI is InChI=1S/C7H15NO5/c1-2-4(10)5(11)7(8,3-9)6(12)13/h4-5,9-11H,2-3,8H2,1H3,(H,12,13). The van der Waals surface area contributed by atoms with Crippen molar-refractivity contribution in [2.75, 3.05) is 6.61 Å². The molecule has 0 amide bonds. The summed E-state index contributed by atoms with van der Waals surface area (Å²) in [6.45, 7) is 0.633. The molecule has 0 aromatic heterocycles. The van der Waals surface area contributed by atoms with Crippen LogP contribution in [0.15, 0.2) is 0 Å². The van der Waals surface area contributed by atoms with Gasteiger partial charge in [-0.05, 0) is 6.42 Å². The summed E-state index contributed by atoms with van der Waals surface area (Å²) in [5.74, 6) is -1.55. The molecule has 0 aromatic rings. The molecule has 0 aliphatic carbocycles. The molecule has 0 bridgehead atoms. The van der Waals surface area contributed by atoms with E-state index in [1.165, 1.54) is 0 Å². The zero-order valence-corrected chi connectivity index (χ0v) is 7.34. The average Bonchev–Trinajstić information content (AvgIpc) is 2.13. The lowest BCUT2D eigenvalue weighted by atomic mass is 9.90. The maximum atomic E-state index is 10.6. The maximum Gasteiger partial charge on any atom is 0.328 e. The van der Waals surface area contributed by atoms with Crippen LogP contribution < -0.4 is 5.73 Å². The Kier molecular flexibility index (Phi) is 4.28. The molecule has 0 saturated heterocycles. The second kappa shape index (κ2) is 4.52. The van der Waals surface area contributed by atoms with E-state index in [4.69, 9.17) is 21.1 Å². The molecule has 0 heterocycles. The summed E-state index contributed by atoms with van der Waals surface area (Å²) < 4.78 is 0. The van der Waals surface area contributed by atoms with Crippen LogP contribution in [0.5, 0.6) is 0 Å². The van der Waals surface area contributed by atoms with Crippen molar-refractivity contribution in [3.05, 3.63) is 0 Å². The van der Waals surface area contributed by atoms with Gasteiger partial charge in [0.15, 0.2) is 5.54 Å². The van der Waals surface area contributed by atoms with Gasteiger partial charge in [-0.1, -0.05) is 6.92 Å². The Bertz CT molecular complexity index is 186. The lowest BCUT2D eigenvalue weighted by molar-refractivity contribution is -0.155. The molecule has 0 spiro atoms. The van der Waals surface area contributed by atoms with Gasteiger partial charge in [0.1, 0.15) is 6.10 Å². The second-order valence-electron chi connectivity index (χ2n) is 2.92. The molecular formula is C7H15NO5. The minimum Gasteiger partial charge on any atom is -0.480 e. The van der Waals surface area contributed by atoms with Crippen molar-refractivity contribution in [2.24, 2.45) is 5.73 Å². The number of hydrogen-bond acceptors (Lipinski definition) is 5. The molecule has 0 saturated carbocycles. The van der Waals surface area contributed by atoms with Crippen molar-refractivity contribution in [3.8, 4) is 0 Å². The third-order valence-corrected chi connectivity index (χ3v) is 1.97. The topological polar surface area (TPSA) is 124 Å². The van der Waals surface area contributed by atoms with Gasteiger partial charge in [0.2, 0.25) is 0 Å². The van der Waals surface area contributed by atoms with Crippen LogP contribution in [0.2, 0.25) is 0 Å². The summed E-state index contributed by atoms with van der Waals surface area (Å²) >= 11 is 0. The van der Waals surface area contributed by atoms with Crippen LogP contribution in [-0.4, -0.2) is 50.7 Å². The van der Waals surface area contributed by atoms with Gasteiger partial charge in [-0.25, -0.2) is 0 Å². The minimum absolute atomic E-state index is 0.160. The zero-order chi connectivity index (χ0) is 10.6. The molecule has 0 radical (unpaired) electrons. The fourth-order valence-corrected chi connectivity index (χ4v) is 0.854. The molecule has 3 atom stereocenters. The van der Waals surface area contributed by atoms with E-state index >= 15 is 0 Å². The lowest BCUT2D eigenvalue weighted by Gasteiger charge is -2.30. The summed E-state index contributed by atoms with van der Waals surface area (Å²) in [5.41, 5.74) is 3.00. The molecule has 6 heteroatoms. The number of aliphatic hydroxyl groups excluding tert-OH is 3.